The van der Waals surface area contributed by atoms with E-state index in [1.165, 1.54) is 52.7 Å². The van der Waals surface area contributed by atoms with Gasteiger partial charge in [-0.05, 0) is 73.7 Å². The van der Waals surface area contributed by atoms with Crippen LogP contribution in [0.2, 0.25) is 0 Å². The van der Waals surface area contributed by atoms with Gasteiger partial charge in [-0.3, -0.25) is 0 Å². The van der Waals surface area contributed by atoms with Crippen molar-refractivity contribution in [2.24, 2.45) is 23.7 Å². The first-order chi connectivity index (χ1) is 15.8. The number of hydrogen-bond donors (Lipinski definition) is 1. The van der Waals surface area contributed by atoms with Crippen molar-refractivity contribution in [2.75, 3.05) is 13.1 Å². The maximum absolute atomic E-state index is 6.83. The smallest absolute Gasteiger partial charge is 0.0988 e. The zero-order valence-electron chi connectivity index (χ0n) is 19.5. The summed E-state index contributed by atoms with van der Waals surface area (Å²) >= 11 is 0. The van der Waals surface area contributed by atoms with E-state index in [1.54, 1.807) is 0 Å². The fraction of sp³-hybridized carbons (Fsp3) is 0.517. The lowest BCUT2D eigenvalue weighted by atomic mass is 9.64. The molecular formula is C29H36N2O. The highest BCUT2D eigenvalue weighted by Gasteiger charge is 2.40. The van der Waals surface area contributed by atoms with Gasteiger partial charge in [0.25, 0.3) is 0 Å². The first-order valence-corrected chi connectivity index (χ1v) is 12.8. The number of nitrogens with one attached hydrogen (secondary N) is 1. The molecule has 0 radical (unpaired) electrons. The van der Waals surface area contributed by atoms with E-state index in [2.05, 4.69) is 72.3 Å². The summed E-state index contributed by atoms with van der Waals surface area (Å²) in [7, 11) is 0. The third-order valence-electron chi connectivity index (χ3n) is 8.79. The Kier molecular flexibility index (Phi) is 5.35. The SMILES string of the molecule is CC[C@@H]1[C@H]2C[C@@H]3OCc4ccccc4-n4c3c(c3ccccc34)CCNC[C@@H]2CC[C@@H]1C. The lowest BCUT2D eigenvalue weighted by Gasteiger charge is -2.44. The van der Waals surface area contributed by atoms with Crippen LogP contribution in [0.3, 0.4) is 0 Å². The molecule has 3 aliphatic rings. The van der Waals surface area contributed by atoms with E-state index < -0.39 is 0 Å². The third-order valence-corrected chi connectivity index (χ3v) is 8.79. The van der Waals surface area contributed by atoms with E-state index in [4.69, 9.17) is 4.74 Å². The molecule has 2 aliphatic heterocycles. The average molecular weight is 429 g/mol. The van der Waals surface area contributed by atoms with Gasteiger partial charge in [0.1, 0.15) is 0 Å². The van der Waals surface area contributed by atoms with Crippen molar-refractivity contribution in [3.05, 3.63) is 65.4 Å². The van der Waals surface area contributed by atoms with Gasteiger partial charge >= 0.3 is 0 Å². The Balaban J connectivity index is 1.55. The molecule has 0 spiro atoms. The molecule has 5 atom stereocenters. The van der Waals surface area contributed by atoms with Gasteiger partial charge in [-0.25, -0.2) is 0 Å². The Morgan fingerprint density at radius 2 is 1.91 bits per heavy atom. The Morgan fingerprint density at radius 3 is 2.81 bits per heavy atom. The first-order valence-electron chi connectivity index (χ1n) is 12.8. The summed E-state index contributed by atoms with van der Waals surface area (Å²) in [5.74, 6) is 3.10. The van der Waals surface area contributed by atoms with Crippen molar-refractivity contribution in [2.45, 2.75) is 58.7 Å². The molecule has 3 heterocycles. The van der Waals surface area contributed by atoms with Crippen molar-refractivity contribution < 1.29 is 4.74 Å². The fourth-order valence-electron chi connectivity index (χ4n) is 7.24. The first kappa shape index (κ1) is 20.5. The highest BCUT2D eigenvalue weighted by molar-refractivity contribution is 5.88. The minimum absolute atomic E-state index is 0.162. The van der Waals surface area contributed by atoms with Gasteiger partial charge in [0, 0.05) is 10.9 Å². The molecule has 1 N–H and O–H groups in total. The molecule has 1 aliphatic carbocycles. The van der Waals surface area contributed by atoms with E-state index in [-0.39, 0.29) is 6.10 Å². The van der Waals surface area contributed by atoms with Gasteiger partial charge < -0.3 is 14.6 Å². The van der Waals surface area contributed by atoms with Crippen molar-refractivity contribution in [1.29, 1.82) is 0 Å². The van der Waals surface area contributed by atoms with Crippen LogP contribution in [-0.2, 0) is 17.8 Å². The predicted molar refractivity (Wildman–Crippen MR) is 131 cm³/mol. The van der Waals surface area contributed by atoms with Crippen LogP contribution in [0.15, 0.2) is 48.5 Å². The summed E-state index contributed by atoms with van der Waals surface area (Å²) in [5.41, 5.74) is 6.85. The lowest BCUT2D eigenvalue weighted by Crippen LogP contribution is -2.40. The monoisotopic (exact) mass is 428 g/mol. The summed E-state index contributed by atoms with van der Waals surface area (Å²) in [6, 6.07) is 17.9. The summed E-state index contributed by atoms with van der Waals surface area (Å²) in [6.07, 6.45) is 6.39. The molecule has 1 saturated carbocycles. The molecule has 2 aromatic carbocycles. The minimum atomic E-state index is 0.162. The van der Waals surface area contributed by atoms with Gasteiger partial charge in [0.15, 0.2) is 0 Å². The van der Waals surface area contributed by atoms with Crippen molar-refractivity contribution in [3.63, 3.8) is 0 Å². The van der Waals surface area contributed by atoms with E-state index >= 15 is 0 Å². The summed E-state index contributed by atoms with van der Waals surface area (Å²) in [4.78, 5) is 0. The number of aromatic nitrogens is 1. The number of nitrogens with zero attached hydrogens (tertiary/aromatic N) is 1. The normalized spacial score (nSPS) is 30.1. The number of benzene rings is 2. The topological polar surface area (TPSA) is 26.2 Å². The average Bonchev–Trinajstić information content (AvgIpc) is 3.05. The predicted octanol–water partition coefficient (Wildman–Crippen LogP) is 6.43. The molecule has 0 unspecified atom stereocenters. The molecule has 0 saturated heterocycles. The Labute approximate surface area is 192 Å². The Bertz CT molecular complexity index is 1120. The molecule has 1 fully saturated rings. The van der Waals surface area contributed by atoms with Crippen molar-refractivity contribution in [3.8, 4) is 5.69 Å². The van der Waals surface area contributed by atoms with Gasteiger partial charge in [-0.1, -0.05) is 63.1 Å². The second-order valence-corrected chi connectivity index (χ2v) is 10.4. The number of para-hydroxylation sites is 2. The maximum Gasteiger partial charge on any atom is 0.0988 e. The largest absolute Gasteiger partial charge is 0.367 e. The quantitative estimate of drug-likeness (QED) is 0.484. The van der Waals surface area contributed by atoms with Crippen LogP contribution >= 0.6 is 0 Å². The Morgan fingerprint density at radius 1 is 1.06 bits per heavy atom. The van der Waals surface area contributed by atoms with Crippen molar-refractivity contribution in [1.82, 2.24) is 9.88 Å². The summed E-state index contributed by atoms with van der Waals surface area (Å²) < 4.78 is 9.39. The zero-order valence-corrected chi connectivity index (χ0v) is 19.5. The van der Waals surface area contributed by atoms with Gasteiger partial charge in [0.2, 0.25) is 0 Å². The Hall–Kier alpha value is -2.10. The third kappa shape index (κ3) is 3.24. The maximum atomic E-state index is 6.83. The van der Waals surface area contributed by atoms with E-state index in [0.717, 1.165) is 49.6 Å². The van der Waals surface area contributed by atoms with E-state index in [9.17, 15) is 0 Å². The highest BCUT2D eigenvalue weighted by Crippen LogP contribution is 2.48. The van der Waals surface area contributed by atoms with Crippen LogP contribution in [-0.4, -0.2) is 17.7 Å². The molecule has 1 aromatic heterocycles. The van der Waals surface area contributed by atoms with Crippen LogP contribution in [0.25, 0.3) is 16.6 Å². The fourth-order valence-corrected chi connectivity index (χ4v) is 7.24. The number of fused-ring (bicyclic) bond motifs is 6. The van der Waals surface area contributed by atoms with E-state index in [0.29, 0.717) is 6.61 Å². The lowest BCUT2D eigenvalue weighted by molar-refractivity contribution is -0.0138. The molecule has 3 heteroatoms. The molecule has 3 nitrogen and oxygen atoms in total. The minimum Gasteiger partial charge on any atom is -0.367 e. The van der Waals surface area contributed by atoms with Crippen LogP contribution in [0.1, 0.15) is 62.5 Å². The van der Waals surface area contributed by atoms with Crippen LogP contribution in [0.4, 0.5) is 0 Å². The second kappa shape index (κ2) is 8.35. The van der Waals surface area contributed by atoms with Crippen LogP contribution in [0.5, 0.6) is 0 Å². The molecule has 0 bridgehead atoms. The van der Waals surface area contributed by atoms with E-state index in [1.807, 2.05) is 0 Å². The molecule has 3 aromatic rings. The molecule has 168 valence electrons. The second-order valence-electron chi connectivity index (χ2n) is 10.4. The summed E-state index contributed by atoms with van der Waals surface area (Å²) in [6.45, 7) is 7.81. The van der Waals surface area contributed by atoms with Crippen molar-refractivity contribution >= 4 is 10.9 Å². The van der Waals surface area contributed by atoms with Crippen LogP contribution < -0.4 is 5.32 Å². The van der Waals surface area contributed by atoms with Gasteiger partial charge in [-0.2, -0.15) is 0 Å². The number of rotatable bonds is 1. The summed E-state index contributed by atoms with van der Waals surface area (Å²) in [5, 5.41) is 5.26. The number of hydrogen-bond acceptors (Lipinski definition) is 2. The van der Waals surface area contributed by atoms with Gasteiger partial charge in [-0.15, -0.1) is 0 Å². The number of ether oxygens (including phenoxy) is 1. The van der Waals surface area contributed by atoms with Gasteiger partial charge in [0.05, 0.1) is 29.6 Å². The van der Waals surface area contributed by atoms with Crippen LogP contribution in [0, 0.1) is 23.7 Å². The highest BCUT2D eigenvalue weighted by atomic mass is 16.5. The molecule has 32 heavy (non-hydrogen) atoms. The molecular weight excluding hydrogens is 392 g/mol. The standard InChI is InChI=1S/C29H36N2O/c1-3-22-19(2)12-13-20-17-30-15-14-24-23-9-5-7-11-27(23)31-26-10-6-4-8-21(26)18-32-28(29(24)31)16-25(20)22/h4-11,19-20,22,25,28,30H,3,12-18H2,1-2H3/t19-,20-,22-,25-,28-/m0/s1. The molecule has 6 rings (SSSR count). The zero-order chi connectivity index (χ0) is 21.7. The molecule has 0 amide bonds.